The van der Waals surface area contributed by atoms with Crippen LogP contribution in [0.25, 0.3) is 0 Å². The summed E-state index contributed by atoms with van der Waals surface area (Å²) in [6.07, 6.45) is 7.22. The van der Waals surface area contributed by atoms with E-state index in [1.165, 1.54) is 0 Å². The summed E-state index contributed by atoms with van der Waals surface area (Å²) in [5.41, 5.74) is 0.952. The quantitative estimate of drug-likeness (QED) is 0.805. The van der Waals surface area contributed by atoms with Crippen molar-refractivity contribution in [3.63, 3.8) is 0 Å². The summed E-state index contributed by atoms with van der Waals surface area (Å²) in [6, 6.07) is 3.71. The van der Waals surface area contributed by atoms with Crippen molar-refractivity contribution in [3.05, 3.63) is 36.4 Å². The van der Waals surface area contributed by atoms with E-state index in [9.17, 15) is 4.79 Å². The van der Waals surface area contributed by atoms with Crippen molar-refractivity contribution in [3.8, 4) is 0 Å². The van der Waals surface area contributed by atoms with Crippen molar-refractivity contribution in [1.82, 2.24) is 24.8 Å². The standard InChI is InChI=1S/C19H25N7O/c1-15-5-8-22-19(23-15)26-9-2-4-16(14-26)17(27)24-10-12-25(13-11-24)18-20-6-3-7-21-18/h3,5-8,16H,2,4,9-14H2,1H3. The Morgan fingerprint density at radius 2 is 1.70 bits per heavy atom. The number of piperazine rings is 1. The number of hydrogen-bond acceptors (Lipinski definition) is 7. The molecule has 0 saturated carbocycles. The van der Waals surface area contributed by atoms with E-state index in [2.05, 4.69) is 29.7 Å². The molecule has 0 spiro atoms. The van der Waals surface area contributed by atoms with Crippen LogP contribution in [-0.2, 0) is 4.79 Å². The lowest BCUT2D eigenvalue weighted by Gasteiger charge is -2.39. The summed E-state index contributed by atoms with van der Waals surface area (Å²) in [5.74, 6) is 1.74. The largest absolute Gasteiger partial charge is 0.340 e. The predicted octanol–water partition coefficient (Wildman–Crippen LogP) is 1.14. The smallest absolute Gasteiger partial charge is 0.227 e. The van der Waals surface area contributed by atoms with Gasteiger partial charge in [0.2, 0.25) is 17.8 Å². The fourth-order valence-corrected chi connectivity index (χ4v) is 3.79. The minimum Gasteiger partial charge on any atom is -0.340 e. The van der Waals surface area contributed by atoms with E-state index in [0.29, 0.717) is 19.6 Å². The van der Waals surface area contributed by atoms with E-state index in [-0.39, 0.29) is 11.8 Å². The molecule has 2 aromatic heterocycles. The van der Waals surface area contributed by atoms with Crippen molar-refractivity contribution < 1.29 is 4.79 Å². The van der Waals surface area contributed by atoms with Gasteiger partial charge in [-0.15, -0.1) is 0 Å². The molecule has 0 bridgehead atoms. The van der Waals surface area contributed by atoms with Crippen LogP contribution in [0.5, 0.6) is 0 Å². The van der Waals surface area contributed by atoms with Crippen molar-refractivity contribution in [1.29, 1.82) is 0 Å². The first-order valence-corrected chi connectivity index (χ1v) is 9.56. The first-order chi connectivity index (χ1) is 13.2. The van der Waals surface area contributed by atoms with Crippen molar-refractivity contribution in [2.24, 2.45) is 5.92 Å². The molecule has 2 aliphatic rings. The molecule has 2 saturated heterocycles. The molecule has 0 radical (unpaired) electrons. The number of carbonyl (C=O) groups excluding carboxylic acids is 1. The topological polar surface area (TPSA) is 78.4 Å². The van der Waals surface area contributed by atoms with Crippen LogP contribution in [0.3, 0.4) is 0 Å². The molecule has 1 atom stereocenters. The Bertz CT molecular complexity index is 777. The third-order valence-corrected chi connectivity index (χ3v) is 5.26. The molecule has 0 aromatic carbocycles. The number of hydrogen-bond donors (Lipinski definition) is 0. The van der Waals surface area contributed by atoms with Gasteiger partial charge in [-0.05, 0) is 31.9 Å². The van der Waals surface area contributed by atoms with E-state index in [1.54, 1.807) is 18.6 Å². The van der Waals surface area contributed by atoms with Crippen LogP contribution in [0, 0.1) is 12.8 Å². The number of anilines is 2. The van der Waals surface area contributed by atoms with Gasteiger partial charge < -0.3 is 14.7 Å². The normalized spacial score (nSPS) is 20.6. The molecular formula is C19H25N7O. The van der Waals surface area contributed by atoms with E-state index >= 15 is 0 Å². The number of piperidine rings is 1. The number of rotatable bonds is 3. The molecule has 0 aliphatic carbocycles. The van der Waals surface area contributed by atoms with Gasteiger partial charge in [-0.25, -0.2) is 19.9 Å². The van der Waals surface area contributed by atoms with E-state index in [0.717, 1.165) is 50.1 Å². The van der Waals surface area contributed by atoms with Crippen LogP contribution in [0.1, 0.15) is 18.5 Å². The summed E-state index contributed by atoms with van der Waals surface area (Å²) < 4.78 is 0. The van der Waals surface area contributed by atoms with Crippen molar-refractivity contribution >= 4 is 17.8 Å². The fraction of sp³-hybridized carbons (Fsp3) is 0.526. The van der Waals surface area contributed by atoms with Gasteiger partial charge in [0.15, 0.2) is 0 Å². The Morgan fingerprint density at radius 3 is 2.44 bits per heavy atom. The number of aryl methyl sites for hydroxylation is 1. The maximum absolute atomic E-state index is 13.0. The highest BCUT2D eigenvalue weighted by Crippen LogP contribution is 2.23. The minimum atomic E-state index is 0.0161. The van der Waals surface area contributed by atoms with Gasteiger partial charge in [-0.1, -0.05) is 0 Å². The second-order valence-corrected chi connectivity index (χ2v) is 7.14. The lowest BCUT2D eigenvalue weighted by atomic mass is 9.96. The first kappa shape index (κ1) is 17.6. The van der Waals surface area contributed by atoms with Gasteiger partial charge in [0, 0.05) is 63.6 Å². The first-order valence-electron chi connectivity index (χ1n) is 9.56. The average Bonchev–Trinajstić information content (AvgIpc) is 2.74. The van der Waals surface area contributed by atoms with Crippen LogP contribution in [0.4, 0.5) is 11.9 Å². The second kappa shape index (κ2) is 7.85. The molecule has 8 heteroatoms. The van der Waals surface area contributed by atoms with Gasteiger partial charge in [-0.2, -0.15) is 0 Å². The van der Waals surface area contributed by atoms with Crippen LogP contribution in [0.2, 0.25) is 0 Å². The maximum Gasteiger partial charge on any atom is 0.227 e. The van der Waals surface area contributed by atoms with Crippen LogP contribution >= 0.6 is 0 Å². The predicted molar refractivity (Wildman–Crippen MR) is 103 cm³/mol. The van der Waals surface area contributed by atoms with Gasteiger partial charge in [0.05, 0.1) is 5.92 Å². The Morgan fingerprint density at radius 1 is 0.963 bits per heavy atom. The Hall–Kier alpha value is -2.77. The monoisotopic (exact) mass is 367 g/mol. The zero-order valence-corrected chi connectivity index (χ0v) is 15.7. The van der Waals surface area contributed by atoms with Crippen molar-refractivity contribution in [2.75, 3.05) is 49.1 Å². The number of carbonyl (C=O) groups is 1. The zero-order chi connectivity index (χ0) is 18.6. The molecule has 2 aromatic rings. The molecule has 4 heterocycles. The highest BCUT2D eigenvalue weighted by Gasteiger charge is 2.32. The molecular weight excluding hydrogens is 342 g/mol. The lowest BCUT2D eigenvalue weighted by Crippen LogP contribution is -2.53. The molecule has 1 amide bonds. The molecule has 4 rings (SSSR count). The third-order valence-electron chi connectivity index (χ3n) is 5.26. The molecule has 2 aliphatic heterocycles. The lowest BCUT2D eigenvalue weighted by molar-refractivity contribution is -0.136. The minimum absolute atomic E-state index is 0.0161. The highest BCUT2D eigenvalue weighted by atomic mass is 16.2. The number of amides is 1. The average molecular weight is 367 g/mol. The van der Waals surface area contributed by atoms with Gasteiger partial charge in [0.25, 0.3) is 0 Å². The van der Waals surface area contributed by atoms with Crippen molar-refractivity contribution in [2.45, 2.75) is 19.8 Å². The molecule has 2 fully saturated rings. The maximum atomic E-state index is 13.0. The van der Waals surface area contributed by atoms with E-state index < -0.39 is 0 Å². The van der Waals surface area contributed by atoms with Crippen LogP contribution in [-0.4, -0.2) is 70.0 Å². The van der Waals surface area contributed by atoms with E-state index in [1.807, 2.05) is 24.0 Å². The Kier molecular flexibility index (Phi) is 5.13. The number of aromatic nitrogens is 4. The van der Waals surface area contributed by atoms with Crippen LogP contribution in [0.15, 0.2) is 30.7 Å². The molecule has 142 valence electrons. The van der Waals surface area contributed by atoms with E-state index in [4.69, 9.17) is 0 Å². The Labute approximate surface area is 159 Å². The van der Waals surface area contributed by atoms with Gasteiger partial charge in [0.1, 0.15) is 0 Å². The summed E-state index contributed by atoms with van der Waals surface area (Å²) in [5, 5.41) is 0. The number of nitrogens with zero attached hydrogens (tertiary/aromatic N) is 7. The molecule has 27 heavy (non-hydrogen) atoms. The summed E-state index contributed by atoms with van der Waals surface area (Å²) in [4.78, 5) is 36.8. The van der Waals surface area contributed by atoms with Gasteiger partial charge >= 0.3 is 0 Å². The zero-order valence-electron chi connectivity index (χ0n) is 15.7. The third kappa shape index (κ3) is 3.99. The molecule has 8 nitrogen and oxygen atoms in total. The van der Waals surface area contributed by atoms with Gasteiger partial charge in [-0.3, -0.25) is 4.79 Å². The summed E-state index contributed by atoms with van der Waals surface area (Å²) in [7, 11) is 0. The Balaban J connectivity index is 1.35. The molecule has 1 unspecified atom stereocenters. The fourth-order valence-electron chi connectivity index (χ4n) is 3.79. The SMILES string of the molecule is Cc1ccnc(N2CCCC(C(=O)N3CCN(c4ncccn4)CC3)C2)n1. The summed E-state index contributed by atoms with van der Waals surface area (Å²) >= 11 is 0. The summed E-state index contributed by atoms with van der Waals surface area (Å²) in [6.45, 7) is 6.55. The molecule has 0 N–H and O–H groups in total. The highest BCUT2D eigenvalue weighted by molar-refractivity contribution is 5.80. The van der Waals surface area contributed by atoms with Crippen LogP contribution < -0.4 is 9.80 Å². The second-order valence-electron chi connectivity index (χ2n) is 7.14.